The van der Waals surface area contributed by atoms with E-state index in [0.29, 0.717) is 19.3 Å². The number of nitrogens with zero attached hydrogens (tertiary/aromatic N) is 1. The van der Waals surface area contributed by atoms with E-state index < -0.39 is 0 Å². The normalized spacial score (nSPS) is 24.0. The van der Waals surface area contributed by atoms with Crippen LogP contribution in [0, 0.1) is 0 Å². The minimum atomic E-state index is -0.0204. The van der Waals surface area contributed by atoms with Gasteiger partial charge in [-0.2, -0.15) is 0 Å². The topological polar surface area (TPSA) is 47.7 Å². The Kier molecular flexibility index (Phi) is 4.99. The molecule has 0 aromatic carbocycles. The SMILES string of the molecule is COCC(C)(CN)N1CCC(OC)CC1. The molecule has 0 saturated carbocycles. The second-order valence-corrected chi connectivity index (χ2v) is 4.56. The maximum Gasteiger partial charge on any atom is 0.0656 e. The van der Waals surface area contributed by atoms with Crippen molar-refractivity contribution in [2.45, 2.75) is 31.4 Å². The molecule has 1 unspecified atom stereocenters. The third-order valence-electron chi connectivity index (χ3n) is 3.43. The Morgan fingerprint density at radius 1 is 1.33 bits per heavy atom. The second-order valence-electron chi connectivity index (χ2n) is 4.56. The molecule has 2 N–H and O–H groups in total. The fraction of sp³-hybridized carbons (Fsp3) is 1.00. The summed E-state index contributed by atoms with van der Waals surface area (Å²) in [4.78, 5) is 2.42. The van der Waals surface area contributed by atoms with Gasteiger partial charge in [0.1, 0.15) is 0 Å². The molecule has 0 aromatic rings. The number of piperidine rings is 1. The van der Waals surface area contributed by atoms with Gasteiger partial charge < -0.3 is 15.2 Å². The van der Waals surface area contributed by atoms with Gasteiger partial charge in [0.25, 0.3) is 0 Å². The van der Waals surface area contributed by atoms with Crippen molar-refractivity contribution in [2.24, 2.45) is 5.73 Å². The lowest BCUT2D eigenvalue weighted by Crippen LogP contribution is -2.57. The summed E-state index contributed by atoms with van der Waals surface area (Å²) in [5.74, 6) is 0. The zero-order valence-electron chi connectivity index (χ0n) is 10.2. The molecule has 0 bridgehead atoms. The molecule has 1 rings (SSSR count). The molecule has 0 amide bonds. The van der Waals surface area contributed by atoms with Crippen LogP contribution in [0.3, 0.4) is 0 Å². The van der Waals surface area contributed by atoms with Crippen LogP contribution in [0.5, 0.6) is 0 Å². The molecule has 1 aliphatic heterocycles. The van der Waals surface area contributed by atoms with Gasteiger partial charge in [-0.1, -0.05) is 0 Å². The quantitative estimate of drug-likeness (QED) is 0.725. The summed E-state index contributed by atoms with van der Waals surface area (Å²) in [6, 6.07) is 0. The summed E-state index contributed by atoms with van der Waals surface area (Å²) in [6.45, 7) is 5.61. The smallest absolute Gasteiger partial charge is 0.0656 e. The van der Waals surface area contributed by atoms with Crippen LogP contribution in [0.4, 0.5) is 0 Å². The van der Waals surface area contributed by atoms with Gasteiger partial charge in [-0.05, 0) is 19.8 Å². The summed E-state index contributed by atoms with van der Waals surface area (Å²) in [7, 11) is 3.52. The van der Waals surface area contributed by atoms with Gasteiger partial charge in [0, 0.05) is 33.9 Å². The molecule has 0 aliphatic carbocycles. The summed E-state index contributed by atoms with van der Waals surface area (Å²) in [5, 5.41) is 0. The molecule has 1 atom stereocenters. The Hall–Kier alpha value is -0.160. The summed E-state index contributed by atoms with van der Waals surface area (Å²) < 4.78 is 10.6. The monoisotopic (exact) mass is 216 g/mol. The highest BCUT2D eigenvalue weighted by Crippen LogP contribution is 2.21. The molecule has 0 spiro atoms. The number of ether oxygens (including phenoxy) is 2. The van der Waals surface area contributed by atoms with Crippen molar-refractivity contribution in [3.8, 4) is 0 Å². The minimum absolute atomic E-state index is 0.0204. The Morgan fingerprint density at radius 2 is 1.93 bits per heavy atom. The number of methoxy groups -OCH3 is 2. The minimum Gasteiger partial charge on any atom is -0.383 e. The van der Waals surface area contributed by atoms with Crippen LogP contribution >= 0.6 is 0 Å². The van der Waals surface area contributed by atoms with E-state index in [4.69, 9.17) is 15.2 Å². The van der Waals surface area contributed by atoms with Gasteiger partial charge in [0.15, 0.2) is 0 Å². The van der Waals surface area contributed by atoms with Crippen molar-refractivity contribution in [1.29, 1.82) is 0 Å². The van der Waals surface area contributed by atoms with Crippen LogP contribution in [-0.4, -0.2) is 57.0 Å². The van der Waals surface area contributed by atoms with Gasteiger partial charge in [0.05, 0.1) is 18.2 Å². The first kappa shape index (κ1) is 12.9. The summed E-state index contributed by atoms with van der Waals surface area (Å²) in [5.41, 5.74) is 5.82. The molecule has 4 heteroatoms. The van der Waals surface area contributed by atoms with Crippen LogP contribution in [-0.2, 0) is 9.47 Å². The van der Waals surface area contributed by atoms with E-state index in [-0.39, 0.29) is 5.54 Å². The zero-order chi connectivity index (χ0) is 11.3. The van der Waals surface area contributed by atoms with Crippen molar-refractivity contribution < 1.29 is 9.47 Å². The van der Waals surface area contributed by atoms with E-state index in [1.807, 2.05) is 0 Å². The van der Waals surface area contributed by atoms with E-state index in [9.17, 15) is 0 Å². The molecule has 1 aliphatic rings. The number of hydrogen-bond donors (Lipinski definition) is 1. The Labute approximate surface area is 92.7 Å². The average molecular weight is 216 g/mol. The van der Waals surface area contributed by atoms with Crippen LogP contribution in [0.15, 0.2) is 0 Å². The highest BCUT2D eigenvalue weighted by Gasteiger charge is 2.33. The number of nitrogens with two attached hydrogens (primary N) is 1. The second kappa shape index (κ2) is 5.80. The first-order chi connectivity index (χ1) is 7.16. The van der Waals surface area contributed by atoms with Crippen LogP contribution in [0.1, 0.15) is 19.8 Å². The Balaban J connectivity index is 2.49. The van der Waals surface area contributed by atoms with E-state index >= 15 is 0 Å². The molecule has 1 fully saturated rings. The molecule has 0 aromatic heterocycles. The van der Waals surface area contributed by atoms with E-state index in [1.165, 1.54) is 0 Å². The molecule has 1 heterocycles. The van der Waals surface area contributed by atoms with Crippen molar-refractivity contribution in [3.05, 3.63) is 0 Å². The molecule has 0 radical (unpaired) electrons. The van der Waals surface area contributed by atoms with Crippen molar-refractivity contribution >= 4 is 0 Å². The number of rotatable bonds is 5. The van der Waals surface area contributed by atoms with Crippen LogP contribution in [0.2, 0.25) is 0 Å². The number of hydrogen-bond acceptors (Lipinski definition) is 4. The fourth-order valence-corrected chi connectivity index (χ4v) is 2.22. The van der Waals surface area contributed by atoms with E-state index in [0.717, 1.165) is 25.9 Å². The van der Waals surface area contributed by atoms with Crippen molar-refractivity contribution in [2.75, 3.05) is 40.5 Å². The third-order valence-corrected chi connectivity index (χ3v) is 3.43. The Morgan fingerprint density at radius 3 is 2.33 bits per heavy atom. The highest BCUT2D eigenvalue weighted by molar-refractivity contribution is 4.90. The molecular formula is C11H24N2O2. The maximum absolute atomic E-state index is 5.84. The lowest BCUT2D eigenvalue weighted by atomic mass is 9.96. The largest absolute Gasteiger partial charge is 0.383 e. The average Bonchev–Trinajstić information content (AvgIpc) is 2.29. The van der Waals surface area contributed by atoms with E-state index in [2.05, 4.69) is 11.8 Å². The first-order valence-corrected chi connectivity index (χ1v) is 5.63. The maximum atomic E-state index is 5.84. The van der Waals surface area contributed by atoms with Gasteiger partial charge in [-0.25, -0.2) is 0 Å². The fourth-order valence-electron chi connectivity index (χ4n) is 2.22. The van der Waals surface area contributed by atoms with Crippen molar-refractivity contribution in [3.63, 3.8) is 0 Å². The predicted octanol–water partition coefficient (Wildman–Crippen LogP) is 0.461. The lowest BCUT2D eigenvalue weighted by molar-refractivity contribution is -0.0241. The van der Waals surface area contributed by atoms with Gasteiger partial charge in [-0.3, -0.25) is 4.90 Å². The Bertz CT molecular complexity index is 181. The van der Waals surface area contributed by atoms with Gasteiger partial charge in [0.2, 0.25) is 0 Å². The predicted molar refractivity (Wildman–Crippen MR) is 60.9 cm³/mol. The molecule has 90 valence electrons. The van der Waals surface area contributed by atoms with Gasteiger partial charge in [-0.15, -0.1) is 0 Å². The van der Waals surface area contributed by atoms with Crippen molar-refractivity contribution in [1.82, 2.24) is 4.90 Å². The molecule has 1 saturated heterocycles. The van der Waals surface area contributed by atoms with Crippen LogP contribution < -0.4 is 5.73 Å². The summed E-state index contributed by atoms with van der Waals surface area (Å²) >= 11 is 0. The van der Waals surface area contributed by atoms with E-state index in [1.54, 1.807) is 14.2 Å². The standard InChI is InChI=1S/C11H24N2O2/c1-11(8-12,9-14-2)13-6-4-10(15-3)5-7-13/h10H,4-9,12H2,1-3H3. The zero-order valence-corrected chi connectivity index (χ0v) is 10.2. The third kappa shape index (κ3) is 3.14. The molecule has 4 nitrogen and oxygen atoms in total. The first-order valence-electron chi connectivity index (χ1n) is 5.63. The summed E-state index contributed by atoms with van der Waals surface area (Å²) in [6.07, 6.45) is 2.61. The lowest BCUT2D eigenvalue weighted by Gasteiger charge is -2.43. The molecular weight excluding hydrogens is 192 g/mol. The highest BCUT2D eigenvalue weighted by atomic mass is 16.5. The van der Waals surface area contributed by atoms with Crippen LogP contribution in [0.25, 0.3) is 0 Å². The molecule has 15 heavy (non-hydrogen) atoms. The number of likely N-dealkylation sites (tertiary alicyclic amines) is 1. The van der Waals surface area contributed by atoms with Gasteiger partial charge >= 0.3 is 0 Å².